The molecular weight excluding hydrogens is 206 g/mol. The van der Waals surface area contributed by atoms with Crippen molar-refractivity contribution in [2.75, 3.05) is 19.7 Å². The molecule has 1 aliphatic rings. The van der Waals surface area contributed by atoms with Gasteiger partial charge in [0.25, 0.3) is 5.56 Å². The van der Waals surface area contributed by atoms with Crippen LogP contribution in [0.4, 0.5) is 0 Å². The minimum atomic E-state index is -0.147. The van der Waals surface area contributed by atoms with E-state index < -0.39 is 0 Å². The first-order valence-electron chi connectivity index (χ1n) is 5.71. The highest BCUT2D eigenvalue weighted by Crippen LogP contribution is 2.10. The van der Waals surface area contributed by atoms with Crippen LogP contribution in [0.25, 0.3) is 0 Å². The molecule has 0 aromatic carbocycles. The first-order valence-corrected chi connectivity index (χ1v) is 5.71. The van der Waals surface area contributed by atoms with Crippen LogP contribution in [0.15, 0.2) is 10.9 Å². The van der Waals surface area contributed by atoms with Crippen molar-refractivity contribution in [3.8, 4) is 5.88 Å². The lowest BCUT2D eigenvalue weighted by Crippen LogP contribution is -2.18. The lowest BCUT2D eigenvalue weighted by atomic mass is 10.1. The lowest BCUT2D eigenvalue weighted by Gasteiger charge is -2.10. The van der Waals surface area contributed by atoms with Crippen molar-refractivity contribution >= 4 is 0 Å². The topological polar surface area (TPSA) is 67.0 Å². The van der Waals surface area contributed by atoms with Gasteiger partial charge >= 0.3 is 0 Å². The van der Waals surface area contributed by atoms with Gasteiger partial charge in [-0.3, -0.25) is 4.79 Å². The summed E-state index contributed by atoms with van der Waals surface area (Å²) < 4.78 is 5.54. The third-order valence-electron chi connectivity index (χ3n) is 2.73. The largest absolute Gasteiger partial charge is 0.477 e. The standard InChI is InChI=1S/C11H17N3O2/c1-2-9-13-10(15)5-11(14-9)16-7-8-3-4-12-6-8/h5,8,12H,2-4,6-7H2,1H3,(H,13,14,15). The van der Waals surface area contributed by atoms with Gasteiger partial charge in [-0.1, -0.05) is 6.92 Å². The highest BCUT2D eigenvalue weighted by Gasteiger charge is 2.15. The zero-order valence-corrected chi connectivity index (χ0v) is 9.45. The fourth-order valence-corrected chi connectivity index (χ4v) is 1.78. The molecule has 1 aliphatic heterocycles. The molecule has 88 valence electrons. The van der Waals surface area contributed by atoms with Crippen molar-refractivity contribution in [2.45, 2.75) is 19.8 Å². The molecule has 0 amide bonds. The third kappa shape index (κ3) is 2.82. The van der Waals surface area contributed by atoms with E-state index in [-0.39, 0.29) is 5.56 Å². The number of rotatable bonds is 4. The van der Waals surface area contributed by atoms with Crippen molar-refractivity contribution in [1.82, 2.24) is 15.3 Å². The fraction of sp³-hybridized carbons (Fsp3) is 0.636. The minimum absolute atomic E-state index is 0.147. The molecule has 1 aromatic rings. The van der Waals surface area contributed by atoms with Crippen LogP contribution in [-0.2, 0) is 6.42 Å². The van der Waals surface area contributed by atoms with Crippen LogP contribution in [-0.4, -0.2) is 29.7 Å². The third-order valence-corrected chi connectivity index (χ3v) is 2.73. The zero-order chi connectivity index (χ0) is 11.4. The summed E-state index contributed by atoms with van der Waals surface area (Å²) in [6, 6.07) is 1.40. The van der Waals surface area contributed by atoms with E-state index in [1.54, 1.807) is 0 Å². The Morgan fingerprint density at radius 2 is 2.50 bits per heavy atom. The van der Waals surface area contributed by atoms with Gasteiger partial charge in [-0.05, 0) is 13.0 Å². The average molecular weight is 223 g/mol. The molecule has 0 spiro atoms. The summed E-state index contributed by atoms with van der Waals surface area (Å²) in [5, 5.41) is 3.27. The van der Waals surface area contributed by atoms with Crippen molar-refractivity contribution in [1.29, 1.82) is 0 Å². The number of hydrogen-bond acceptors (Lipinski definition) is 4. The quantitative estimate of drug-likeness (QED) is 0.771. The Hall–Kier alpha value is -1.36. The smallest absolute Gasteiger partial charge is 0.254 e. The molecule has 2 heterocycles. The molecule has 2 N–H and O–H groups in total. The van der Waals surface area contributed by atoms with Gasteiger partial charge in [0.05, 0.1) is 12.7 Å². The van der Waals surface area contributed by atoms with Gasteiger partial charge < -0.3 is 15.0 Å². The number of aromatic amines is 1. The summed E-state index contributed by atoms with van der Waals surface area (Å²) in [6.45, 7) is 4.62. The second kappa shape index (κ2) is 5.12. The summed E-state index contributed by atoms with van der Waals surface area (Å²) in [5.74, 6) is 1.64. The Balaban J connectivity index is 1.97. The van der Waals surface area contributed by atoms with Crippen LogP contribution in [0.1, 0.15) is 19.2 Å². The number of ether oxygens (including phenoxy) is 1. The molecule has 0 radical (unpaired) electrons. The number of aryl methyl sites for hydroxylation is 1. The normalized spacial score (nSPS) is 19.9. The summed E-state index contributed by atoms with van der Waals surface area (Å²) in [5.41, 5.74) is -0.147. The second-order valence-corrected chi connectivity index (χ2v) is 4.05. The fourth-order valence-electron chi connectivity index (χ4n) is 1.78. The van der Waals surface area contributed by atoms with Gasteiger partial charge in [-0.2, -0.15) is 0 Å². The maximum absolute atomic E-state index is 11.3. The summed E-state index contributed by atoms with van der Waals surface area (Å²) in [4.78, 5) is 18.2. The maximum atomic E-state index is 11.3. The molecule has 1 atom stereocenters. The molecule has 1 fully saturated rings. The SMILES string of the molecule is CCc1nc(OCC2CCNC2)cc(=O)[nH]1. The van der Waals surface area contributed by atoms with E-state index >= 15 is 0 Å². The van der Waals surface area contributed by atoms with Crippen LogP contribution < -0.4 is 15.6 Å². The first-order chi connectivity index (χ1) is 7.78. The van der Waals surface area contributed by atoms with Gasteiger partial charge in [0.15, 0.2) is 0 Å². The predicted molar refractivity (Wildman–Crippen MR) is 60.7 cm³/mol. The summed E-state index contributed by atoms with van der Waals surface area (Å²) >= 11 is 0. The second-order valence-electron chi connectivity index (χ2n) is 4.05. The maximum Gasteiger partial charge on any atom is 0.254 e. The average Bonchev–Trinajstić information content (AvgIpc) is 2.78. The van der Waals surface area contributed by atoms with Gasteiger partial charge in [-0.15, -0.1) is 0 Å². The summed E-state index contributed by atoms with van der Waals surface area (Å²) in [7, 11) is 0. The van der Waals surface area contributed by atoms with Crippen molar-refractivity contribution in [3.05, 3.63) is 22.2 Å². The number of nitrogens with one attached hydrogen (secondary N) is 2. The van der Waals surface area contributed by atoms with E-state index in [0.29, 0.717) is 30.7 Å². The van der Waals surface area contributed by atoms with Crippen molar-refractivity contribution < 1.29 is 4.74 Å². The molecule has 1 saturated heterocycles. The van der Waals surface area contributed by atoms with E-state index in [9.17, 15) is 4.79 Å². The molecule has 5 heteroatoms. The van der Waals surface area contributed by atoms with E-state index in [4.69, 9.17) is 4.74 Å². The predicted octanol–water partition coefficient (Wildman–Crippen LogP) is 0.321. The van der Waals surface area contributed by atoms with Crippen LogP contribution >= 0.6 is 0 Å². The van der Waals surface area contributed by atoms with Crippen LogP contribution in [0.2, 0.25) is 0 Å². The van der Waals surface area contributed by atoms with Gasteiger partial charge in [0.1, 0.15) is 5.82 Å². The number of hydrogen-bond donors (Lipinski definition) is 2. The first kappa shape index (κ1) is 11.1. The summed E-state index contributed by atoms with van der Waals surface area (Å²) in [6.07, 6.45) is 1.83. The molecule has 0 saturated carbocycles. The van der Waals surface area contributed by atoms with E-state index in [0.717, 1.165) is 19.5 Å². The Morgan fingerprint density at radius 1 is 1.62 bits per heavy atom. The van der Waals surface area contributed by atoms with E-state index in [1.807, 2.05) is 6.92 Å². The zero-order valence-electron chi connectivity index (χ0n) is 9.45. The molecular formula is C11H17N3O2. The molecule has 0 aliphatic carbocycles. The number of aromatic nitrogens is 2. The van der Waals surface area contributed by atoms with E-state index in [2.05, 4.69) is 15.3 Å². The molecule has 2 rings (SSSR count). The lowest BCUT2D eigenvalue weighted by molar-refractivity contribution is 0.249. The monoisotopic (exact) mass is 223 g/mol. The Morgan fingerprint density at radius 3 is 3.19 bits per heavy atom. The Bertz CT molecular complexity index is 396. The van der Waals surface area contributed by atoms with Crippen molar-refractivity contribution in [2.24, 2.45) is 5.92 Å². The Labute approximate surface area is 94.2 Å². The van der Waals surface area contributed by atoms with Gasteiger partial charge in [-0.25, -0.2) is 4.98 Å². The number of H-pyrrole nitrogens is 1. The highest BCUT2D eigenvalue weighted by molar-refractivity contribution is 5.08. The minimum Gasteiger partial charge on any atom is -0.477 e. The van der Waals surface area contributed by atoms with Crippen molar-refractivity contribution in [3.63, 3.8) is 0 Å². The van der Waals surface area contributed by atoms with Crippen LogP contribution in [0.3, 0.4) is 0 Å². The van der Waals surface area contributed by atoms with Gasteiger partial charge in [0, 0.05) is 18.9 Å². The van der Waals surface area contributed by atoms with Gasteiger partial charge in [0.2, 0.25) is 5.88 Å². The molecule has 16 heavy (non-hydrogen) atoms. The molecule has 1 aromatic heterocycles. The molecule has 1 unspecified atom stereocenters. The molecule has 0 bridgehead atoms. The Kier molecular flexibility index (Phi) is 3.56. The van der Waals surface area contributed by atoms with Crippen LogP contribution in [0, 0.1) is 5.92 Å². The highest BCUT2D eigenvalue weighted by atomic mass is 16.5. The molecule has 5 nitrogen and oxygen atoms in total. The van der Waals surface area contributed by atoms with Crippen LogP contribution in [0.5, 0.6) is 5.88 Å². The number of nitrogens with zero attached hydrogens (tertiary/aromatic N) is 1. The van der Waals surface area contributed by atoms with E-state index in [1.165, 1.54) is 6.07 Å².